The van der Waals surface area contributed by atoms with Gasteiger partial charge >= 0.3 is 5.97 Å². The van der Waals surface area contributed by atoms with E-state index in [1.54, 1.807) is 38.3 Å². The molecule has 7 nitrogen and oxygen atoms in total. The number of ether oxygens (including phenoxy) is 4. The molecule has 0 aliphatic rings. The van der Waals surface area contributed by atoms with Gasteiger partial charge in [0.25, 0.3) is 0 Å². The van der Waals surface area contributed by atoms with Crippen molar-refractivity contribution in [2.24, 2.45) is 0 Å². The molecule has 2 aromatic rings. The number of aliphatic hydroxyl groups excluding tert-OH is 2. The lowest BCUT2D eigenvalue weighted by molar-refractivity contribution is -0.145. The number of rotatable bonds is 16. The van der Waals surface area contributed by atoms with Crippen molar-refractivity contribution in [2.75, 3.05) is 40.1 Å². The maximum atomic E-state index is 13.6. The van der Waals surface area contributed by atoms with Crippen LogP contribution in [0.3, 0.4) is 0 Å². The van der Waals surface area contributed by atoms with Crippen LogP contribution >= 0.6 is 0 Å². The van der Waals surface area contributed by atoms with Crippen LogP contribution in [-0.4, -0.2) is 68.5 Å². The highest BCUT2D eigenvalue weighted by Crippen LogP contribution is 2.36. The van der Waals surface area contributed by atoms with E-state index in [0.717, 1.165) is 22.3 Å². The van der Waals surface area contributed by atoms with E-state index in [0.29, 0.717) is 32.2 Å². The van der Waals surface area contributed by atoms with E-state index in [1.165, 1.54) is 12.1 Å². The third-order valence-electron chi connectivity index (χ3n) is 5.60. The lowest BCUT2D eigenvalue weighted by atomic mass is 9.89. The molecule has 2 N–H and O–H groups in total. The summed E-state index contributed by atoms with van der Waals surface area (Å²) in [5.41, 5.74) is 3.44. The van der Waals surface area contributed by atoms with E-state index >= 15 is 0 Å². The van der Waals surface area contributed by atoms with Gasteiger partial charge < -0.3 is 29.2 Å². The Morgan fingerprint density at radius 2 is 1.76 bits per heavy atom. The second-order valence-corrected chi connectivity index (χ2v) is 8.91. The minimum absolute atomic E-state index is 0.0114. The first kappa shape index (κ1) is 30.4. The lowest BCUT2D eigenvalue weighted by Gasteiger charge is -2.19. The van der Waals surface area contributed by atoms with Crippen molar-refractivity contribution in [1.29, 1.82) is 0 Å². The molecule has 0 bridgehead atoms. The van der Waals surface area contributed by atoms with E-state index in [4.69, 9.17) is 18.9 Å². The number of hydrogen-bond donors (Lipinski definition) is 2. The van der Waals surface area contributed by atoms with Crippen molar-refractivity contribution in [1.82, 2.24) is 0 Å². The van der Waals surface area contributed by atoms with E-state index in [2.05, 4.69) is 13.8 Å². The Hall–Kier alpha value is -2.78. The van der Waals surface area contributed by atoms with Gasteiger partial charge in [-0.1, -0.05) is 38.1 Å². The summed E-state index contributed by atoms with van der Waals surface area (Å²) in [5.74, 6) is -0.0732. The first-order chi connectivity index (χ1) is 17.7. The van der Waals surface area contributed by atoms with Crippen molar-refractivity contribution < 1.29 is 38.3 Å². The molecule has 0 fully saturated rings. The molecule has 0 amide bonds. The summed E-state index contributed by atoms with van der Waals surface area (Å²) in [6.45, 7) is 7.80. The first-order valence-electron chi connectivity index (χ1n) is 12.6. The predicted molar refractivity (Wildman–Crippen MR) is 141 cm³/mol. The standard InChI is InChI=1S/C29H39FO7/c1-5-36-29(33)17-24(32)16-23(31)10-11-26-27(20(2)3)18-25(37-15-14-35-13-12-34-4)19-28(26)21-6-8-22(30)9-7-21/h6-11,18-20,23-24,31-32H,5,12-17H2,1-4H3. The summed E-state index contributed by atoms with van der Waals surface area (Å²) < 4.78 is 34.9. The van der Waals surface area contributed by atoms with Crippen molar-refractivity contribution in [2.45, 2.75) is 51.7 Å². The molecule has 0 saturated heterocycles. The molecule has 0 heterocycles. The number of esters is 1. The highest BCUT2D eigenvalue weighted by Gasteiger charge is 2.17. The molecule has 0 radical (unpaired) electrons. The molecule has 2 unspecified atom stereocenters. The average molecular weight is 519 g/mol. The van der Waals surface area contributed by atoms with Gasteiger partial charge in [-0.25, -0.2) is 4.39 Å². The zero-order valence-corrected chi connectivity index (χ0v) is 22.1. The Labute approximate surface area is 218 Å². The van der Waals surface area contributed by atoms with E-state index < -0.39 is 18.2 Å². The number of methoxy groups -OCH3 is 1. The molecule has 0 aliphatic carbocycles. The minimum Gasteiger partial charge on any atom is -0.491 e. The molecule has 2 atom stereocenters. The van der Waals surface area contributed by atoms with Gasteiger partial charge in [-0.05, 0) is 59.4 Å². The van der Waals surface area contributed by atoms with Gasteiger partial charge in [-0.3, -0.25) is 4.79 Å². The number of carbonyl (C=O) groups excluding carboxylic acids is 1. The van der Waals surface area contributed by atoms with Crippen LogP contribution in [0, 0.1) is 5.82 Å². The second kappa shape index (κ2) is 16.1. The number of halogens is 1. The largest absolute Gasteiger partial charge is 0.491 e. The Bertz CT molecular complexity index is 988. The van der Waals surface area contributed by atoms with Crippen molar-refractivity contribution in [3.63, 3.8) is 0 Å². The fraction of sp³-hybridized carbons (Fsp3) is 0.483. The fourth-order valence-electron chi connectivity index (χ4n) is 3.79. The van der Waals surface area contributed by atoms with Crippen LogP contribution in [0.2, 0.25) is 0 Å². The third kappa shape index (κ3) is 10.6. The van der Waals surface area contributed by atoms with Crippen LogP contribution in [0.15, 0.2) is 42.5 Å². The zero-order valence-electron chi connectivity index (χ0n) is 22.1. The molecule has 8 heteroatoms. The maximum Gasteiger partial charge on any atom is 0.308 e. The smallest absolute Gasteiger partial charge is 0.308 e. The Kier molecular flexibility index (Phi) is 13.3. The fourth-order valence-corrected chi connectivity index (χ4v) is 3.79. The van der Waals surface area contributed by atoms with E-state index in [1.807, 2.05) is 12.1 Å². The Morgan fingerprint density at radius 1 is 1.05 bits per heavy atom. The topological polar surface area (TPSA) is 94.5 Å². The predicted octanol–water partition coefficient (Wildman–Crippen LogP) is 4.74. The SMILES string of the molecule is CCOC(=O)CC(O)CC(O)C=Cc1c(-c2ccc(F)cc2)cc(OCCOCCOC)cc1C(C)C. The van der Waals surface area contributed by atoms with Gasteiger partial charge in [0, 0.05) is 13.5 Å². The van der Waals surface area contributed by atoms with E-state index in [-0.39, 0.29) is 31.2 Å². The van der Waals surface area contributed by atoms with Crippen LogP contribution in [0.4, 0.5) is 4.39 Å². The molecular formula is C29H39FO7. The first-order valence-corrected chi connectivity index (χ1v) is 12.6. The minimum atomic E-state index is -1.03. The lowest BCUT2D eigenvalue weighted by Crippen LogP contribution is -2.20. The normalized spacial score (nSPS) is 13.2. The van der Waals surface area contributed by atoms with Crippen molar-refractivity contribution in [3.8, 4) is 16.9 Å². The summed E-state index contributed by atoms with van der Waals surface area (Å²) in [7, 11) is 1.62. The maximum absolute atomic E-state index is 13.6. The second-order valence-electron chi connectivity index (χ2n) is 8.91. The zero-order chi connectivity index (χ0) is 27.2. The van der Waals surface area contributed by atoms with Crippen LogP contribution in [-0.2, 0) is 19.0 Å². The van der Waals surface area contributed by atoms with Gasteiger partial charge in [-0.2, -0.15) is 0 Å². The van der Waals surface area contributed by atoms with Gasteiger partial charge in [0.2, 0.25) is 0 Å². The number of aliphatic hydroxyl groups is 2. The molecule has 2 rings (SSSR count). The third-order valence-corrected chi connectivity index (χ3v) is 5.60. The highest BCUT2D eigenvalue weighted by molar-refractivity contribution is 5.79. The summed E-state index contributed by atoms with van der Waals surface area (Å²) in [4.78, 5) is 11.6. The molecule has 0 aliphatic heterocycles. The van der Waals surface area contributed by atoms with Crippen LogP contribution in [0.1, 0.15) is 50.7 Å². The van der Waals surface area contributed by atoms with Crippen molar-refractivity contribution in [3.05, 3.63) is 59.4 Å². The van der Waals surface area contributed by atoms with Gasteiger partial charge in [0.1, 0.15) is 18.2 Å². The summed E-state index contributed by atoms with van der Waals surface area (Å²) in [6, 6.07) is 10.0. The Balaban J connectivity index is 2.30. The molecule has 0 aromatic heterocycles. The Morgan fingerprint density at radius 3 is 2.41 bits per heavy atom. The summed E-state index contributed by atoms with van der Waals surface area (Å²) >= 11 is 0. The van der Waals surface area contributed by atoms with Gasteiger partial charge in [-0.15, -0.1) is 0 Å². The number of carbonyl (C=O) groups is 1. The molecule has 0 spiro atoms. The van der Waals surface area contributed by atoms with Crippen LogP contribution in [0.25, 0.3) is 17.2 Å². The quantitative estimate of drug-likeness (QED) is 0.245. The molecule has 2 aromatic carbocycles. The van der Waals surface area contributed by atoms with E-state index in [9.17, 15) is 19.4 Å². The molecule has 0 saturated carbocycles. The molecule has 37 heavy (non-hydrogen) atoms. The van der Waals surface area contributed by atoms with Crippen LogP contribution < -0.4 is 4.74 Å². The summed E-state index contributed by atoms with van der Waals surface area (Å²) in [6.07, 6.45) is 1.19. The highest BCUT2D eigenvalue weighted by atomic mass is 19.1. The summed E-state index contributed by atoms with van der Waals surface area (Å²) in [5, 5.41) is 20.7. The van der Waals surface area contributed by atoms with Crippen molar-refractivity contribution >= 4 is 12.0 Å². The monoisotopic (exact) mass is 518 g/mol. The molecule has 204 valence electrons. The molecular weight excluding hydrogens is 479 g/mol. The van der Waals surface area contributed by atoms with Crippen LogP contribution in [0.5, 0.6) is 5.75 Å². The number of hydrogen-bond acceptors (Lipinski definition) is 7. The average Bonchev–Trinajstić information content (AvgIpc) is 2.85. The van der Waals surface area contributed by atoms with Gasteiger partial charge in [0.05, 0.1) is 45.1 Å². The number of benzene rings is 2. The van der Waals surface area contributed by atoms with Gasteiger partial charge in [0.15, 0.2) is 0 Å².